The molecule has 5 fully saturated rings. The standard InChI is InChI=1S/C104H90O31/c1-2-58-116-101-78(105)83(79-77(121-101)62-120-100(132-79)73-56-34-13-35-57-73)133-103-88(85(129-97(113)70-50-28-10-29-51-70)81(126-94(110)67-44-22-7-23-45-67)75(123-103)60-118-91(107)64-38-16-4-17-39-64)135-104-89(86(130-98(114)71-52-30-11-31-53-71)82(127-95(111)68-46-24-8-25-47-68)76(124-104)61-119-92(108)65-40-18-5-19-41-65)134-102-87(131-99(115)72-54-32-12-33-55-72)84(128-96(112)69-48-26-9-27-49-69)80(125-93(109)66-42-20-6-21-43-66)74(122-102)59-117-90(106)63-36-14-3-15-37-63/h2-57,74-89,100-105H,1,58-62H2/t74-,75-,76-,77-,78+,79-,80-,81-,82-,83-,84+,85+,86+,87+,88+,89+,100-,101+,102-,103-,104-/m1/s1. The van der Waals surface area contributed by atoms with Crippen molar-refractivity contribution >= 4 is 59.7 Å². The Morgan fingerprint density at radius 1 is 0.274 bits per heavy atom. The van der Waals surface area contributed by atoms with Gasteiger partial charge in [-0.2, -0.15) is 0 Å². The Labute approximate surface area is 773 Å². The second-order valence-electron chi connectivity index (χ2n) is 31.3. The molecule has 692 valence electrons. The first-order valence-corrected chi connectivity index (χ1v) is 43.3. The van der Waals surface area contributed by atoms with Crippen molar-refractivity contribution in [3.8, 4) is 0 Å². The molecule has 5 aliphatic heterocycles. The summed E-state index contributed by atoms with van der Waals surface area (Å²) in [6.07, 6.45) is -41.7. The number of aliphatic hydroxyl groups is 1. The number of benzene rings is 11. The Kier molecular flexibility index (Phi) is 31.4. The molecule has 31 nitrogen and oxygen atoms in total. The highest BCUT2D eigenvalue weighted by molar-refractivity contribution is 5.94. The number of hydrogen-bond donors (Lipinski definition) is 1. The molecule has 0 saturated carbocycles. The van der Waals surface area contributed by atoms with Crippen molar-refractivity contribution in [2.24, 2.45) is 0 Å². The van der Waals surface area contributed by atoms with Crippen LogP contribution in [0.3, 0.4) is 0 Å². The summed E-state index contributed by atoms with van der Waals surface area (Å²) in [5.41, 5.74) is -0.411. The van der Waals surface area contributed by atoms with E-state index in [2.05, 4.69) is 6.58 Å². The second-order valence-corrected chi connectivity index (χ2v) is 31.3. The van der Waals surface area contributed by atoms with Crippen molar-refractivity contribution < 1.29 is 148 Å². The first-order chi connectivity index (χ1) is 66.0. The number of ether oxygens (including phenoxy) is 20. The maximum absolute atomic E-state index is 15.9. The maximum Gasteiger partial charge on any atom is 0.338 e. The van der Waals surface area contributed by atoms with Gasteiger partial charge in [0.15, 0.2) is 86.4 Å². The third kappa shape index (κ3) is 23.4. The minimum Gasteiger partial charge on any atom is -0.459 e. The van der Waals surface area contributed by atoms with E-state index in [1.54, 1.807) is 127 Å². The lowest BCUT2D eigenvalue weighted by molar-refractivity contribution is -0.411. The fraction of sp³-hybridized carbons (Fsp3) is 0.250. The molecule has 0 bridgehead atoms. The summed E-state index contributed by atoms with van der Waals surface area (Å²) in [6.45, 7) is 0.437. The van der Waals surface area contributed by atoms with E-state index in [9.17, 15) is 19.5 Å². The lowest BCUT2D eigenvalue weighted by atomic mass is 9.94. The van der Waals surface area contributed by atoms with Gasteiger partial charge in [-0.1, -0.05) is 218 Å². The molecule has 16 rings (SSSR count). The number of carbonyl (C=O) groups is 10. The minimum absolute atomic E-state index is 0.00477. The normalized spacial score (nSPS) is 25.7. The molecule has 11 aromatic carbocycles. The highest BCUT2D eigenvalue weighted by atomic mass is 16.8. The average molecular weight is 1840 g/mol. The van der Waals surface area contributed by atoms with Crippen molar-refractivity contribution in [1.29, 1.82) is 0 Å². The number of carbonyl (C=O) groups excluding carboxylic acids is 10. The van der Waals surface area contributed by atoms with E-state index in [0.29, 0.717) is 5.56 Å². The van der Waals surface area contributed by atoms with Crippen molar-refractivity contribution in [3.05, 3.63) is 408 Å². The van der Waals surface area contributed by atoms with Crippen LogP contribution < -0.4 is 0 Å². The van der Waals surface area contributed by atoms with Crippen LogP contribution in [0.2, 0.25) is 0 Å². The lowest BCUT2D eigenvalue weighted by Crippen LogP contribution is -2.70. The van der Waals surface area contributed by atoms with Crippen LogP contribution in [0.25, 0.3) is 0 Å². The van der Waals surface area contributed by atoms with Gasteiger partial charge in [0.2, 0.25) is 0 Å². The molecule has 0 spiro atoms. The van der Waals surface area contributed by atoms with Gasteiger partial charge in [0.1, 0.15) is 62.5 Å². The molecular weight excluding hydrogens is 1750 g/mol. The first-order valence-electron chi connectivity index (χ1n) is 43.3. The molecule has 31 heteroatoms. The van der Waals surface area contributed by atoms with Crippen LogP contribution in [0.1, 0.15) is 115 Å². The number of rotatable bonds is 33. The van der Waals surface area contributed by atoms with Gasteiger partial charge >= 0.3 is 59.7 Å². The van der Waals surface area contributed by atoms with Crippen LogP contribution in [0.4, 0.5) is 0 Å². The molecule has 0 radical (unpaired) electrons. The molecule has 0 aromatic heterocycles. The van der Waals surface area contributed by atoms with E-state index in [1.165, 1.54) is 212 Å². The summed E-state index contributed by atoms with van der Waals surface area (Å²) in [7, 11) is 0. The van der Waals surface area contributed by atoms with Gasteiger partial charge in [-0.25, -0.2) is 47.9 Å². The Bertz CT molecular complexity index is 5810. The van der Waals surface area contributed by atoms with Crippen molar-refractivity contribution in [1.82, 2.24) is 0 Å². The van der Waals surface area contributed by atoms with Crippen LogP contribution in [0.15, 0.2) is 346 Å². The Balaban J connectivity index is 0.934. The minimum atomic E-state index is -2.57. The van der Waals surface area contributed by atoms with Crippen LogP contribution in [0.5, 0.6) is 0 Å². The van der Waals surface area contributed by atoms with Gasteiger partial charge in [0.25, 0.3) is 0 Å². The summed E-state index contributed by atoms with van der Waals surface area (Å²) in [4.78, 5) is 153. The highest BCUT2D eigenvalue weighted by Gasteiger charge is 2.63. The topological polar surface area (TPSA) is 376 Å². The second kappa shape index (κ2) is 45.2. The van der Waals surface area contributed by atoms with Gasteiger partial charge < -0.3 is 99.8 Å². The molecule has 21 atom stereocenters. The van der Waals surface area contributed by atoms with Gasteiger partial charge in [0, 0.05) is 5.56 Å². The van der Waals surface area contributed by atoms with Crippen molar-refractivity contribution in [2.45, 2.75) is 129 Å². The van der Waals surface area contributed by atoms with Crippen molar-refractivity contribution in [2.75, 3.05) is 33.0 Å². The molecule has 135 heavy (non-hydrogen) atoms. The average Bonchev–Trinajstić information content (AvgIpc) is 0.748. The molecule has 1 N–H and O–H groups in total. The zero-order valence-corrected chi connectivity index (χ0v) is 71.9. The number of hydrogen-bond acceptors (Lipinski definition) is 31. The fourth-order valence-electron chi connectivity index (χ4n) is 15.7. The van der Waals surface area contributed by atoms with Crippen LogP contribution in [-0.4, -0.2) is 221 Å². The van der Waals surface area contributed by atoms with Crippen molar-refractivity contribution in [3.63, 3.8) is 0 Å². The predicted molar refractivity (Wildman–Crippen MR) is 471 cm³/mol. The van der Waals surface area contributed by atoms with Gasteiger partial charge in [-0.05, 0) is 121 Å². The van der Waals surface area contributed by atoms with Gasteiger partial charge in [0.05, 0.1) is 68.8 Å². The maximum atomic E-state index is 15.9. The molecule has 5 heterocycles. The van der Waals surface area contributed by atoms with Crippen LogP contribution in [-0.2, 0) is 94.7 Å². The first kappa shape index (κ1) is 93.6. The number of fused-ring (bicyclic) bond motifs is 1. The summed E-state index contributed by atoms with van der Waals surface area (Å²) in [5, 5.41) is 13.2. The van der Waals surface area contributed by atoms with Gasteiger partial charge in [-0.3, -0.25) is 0 Å². The SMILES string of the molecule is C=CCO[C@H]1O[C@@H]2CO[C@@H](c3ccccc3)O[C@H]2[C@H](O[C@H]2O[C@H](COC(=O)c3ccccc3)[C@@H](OC(=O)c3ccccc3)[C@H](OC(=O)c3ccccc3)[C@@H]2O[C@H]2O[C@H](COC(=O)c3ccccc3)[C@@H](OC(=O)c3ccccc3)[C@H](OC(=O)c3ccccc3)[C@@H]2O[C@H]2O[C@H](COC(=O)c3ccccc3)[C@@H](OC(=O)c3ccccc3)[C@H](OC(=O)c3ccccc3)[C@@H]2OC(=O)c2ccccc2)[C@@H]1O. The van der Waals surface area contributed by atoms with E-state index in [-0.39, 0.29) is 68.8 Å². The monoisotopic (exact) mass is 1830 g/mol. The number of esters is 10. The van der Waals surface area contributed by atoms with E-state index in [4.69, 9.17) is 94.7 Å². The number of aliphatic hydroxyl groups excluding tert-OH is 1. The largest absolute Gasteiger partial charge is 0.459 e. The quantitative estimate of drug-likeness (QED) is 0.0227. The molecule has 5 aliphatic rings. The molecule has 0 amide bonds. The zero-order chi connectivity index (χ0) is 93.5. The molecule has 0 aliphatic carbocycles. The molecular formula is C104H90O31. The Morgan fingerprint density at radius 3 is 0.793 bits per heavy atom. The van der Waals surface area contributed by atoms with Gasteiger partial charge in [-0.15, -0.1) is 6.58 Å². The van der Waals surface area contributed by atoms with E-state index in [0.717, 1.165) is 0 Å². The fourth-order valence-corrected chi connectivity index (χ4v) is 15.7. The summed E-state index contributed by atoms with van der Waals surface area (Å²) in [6, 6.07) is 83.6. The molecule has 5 saturated heterocycles. The predicted octanol–water partition coefficient (Wildman–Crippen LogP) is 12.9. The summed E-state index contributed by atoms with van der Waals surface area (Å²) < 4.78 is 135. The van der Waals surface area contributed by atoms with E-state index in [1.807, 2.05) is 0 Å². The zero-order valence-electron chi connectivity index (χ0n) is 71.9. The summed E-state index contributed by atoms with van der Waals surface area (Å²) in [5.74, 6) is -11.1. The van der Waals surface area contributed by atoms with Crippen LogP contribution in [0, 0.1) is 0 Å². The highest BCUT2D eigenvalue weighted by Crippen LogP contribution is 2.44. The molecule has 0 unspecified atom stereocenters. The van der Waals surface area contributed by atoms with E-state index >= 15 is 33.6 Å². The third-order valence-corrected chi connectivity index (χ3v) is 22.3. The van der Waals surface area contributed by atoms with E-state index < -0.39 is 209 Å². The smallest absolute Gasteiger partial charge is 0.338 e. The third-order valence-electron chi connectivity index (χ3n) is 22.3. The molecule has 11 aromatic rings. The Morgan fingerprint density at radius 2 is 0.511 bits per heavy atom. The summed E-state index contributed by atoms with van der Waals surface area (Å²) >= 11 is 0. The lowest BCUT2D eigenvalue weighted by Gasteiger charge is -2.52. The Hall–Kier alpha value is -14.6. The van der Waals surface area contributed by atoms with Crippen LogP contribution >= 0.6 is 0 Å².